The van der Waals surface area contributed by atoms with E-state index in [2.05, 4.69) is 57.8 Å². The molecule has 1 aromatic carbocycles. The van der Waals surface area contributed by atoms with Crippen LogP contribution in [0.4, 0.5) is 4.79 Å². The topological polar surface area (TPSA) is 55.8 Å². The molecule has 0 bridgehead atoms. The lowest BCUT2D eigenvalue weighted by Crippen LogP contribution is -2.41. The number of cyclic esters (lactones) is 1. The van der Waals surface area contributed by atoms with Crippen LogP contribution in [0.1, 0.15) is 39.2 Å². The van der Waals surface area contributed by atoms with Gasteiger partial charge in [0.1, 0.15) is 6.61 Å². The Balaban J connectivity index is 1.98. The van der Waals surface area contributed by atoms with Gasteiger partial charge in [-0.2, -0.15) is 0 Å². The van der Waals surface area contributed by atoms with Crippen LogP contribution >= 0.6 is 0 Å². The van der Waals surface area contributed by atoms with Crippen molar-refractivity contribution in [3.63, 3.8) is 0 Å². The Bertz CT molecular complexity index is 759. The van der Waals surface area contributed by atoms with Crippen LogP contribution in [-0.2, 0) is 20.4 Å². The first-order valence-electron chi connectivity index (χ1n) is 10.3. The fourth-order valence-corrected chi connectivity index (χ4v) is 3.89. The maximum absolute atomic E-state index is 12.2. The summed E-state index contributed by atoms with van der Waals surface area (Å²) in [5.41, 5.74) is 1.19. The standard InChI is InChI=1S/C23H33NO4Si/c1-23(2,3)29(4,5)28-16-9-12-20(18-19-10-7-6-8-11-19)13-14-21(25)24-15-17-27-22(24)26/h6-8,10-11,20H,9,12,15-18H2,1-5H3. The summed E-state index contributed by atoms with van der Waals surface area (Å²) in [5, 5.41) is 0.188. The van der Waals surface area contributed by atoms with Gasteiger partial charge in [0.15, 0.2) is 8.32 Å². The second kappa shape index (κ2) is 10.1. The second-order valence-electron chi connectivity index (χ2n) is 8.98. The number of carbonyl (C=O) groups is 2. The maximum Gasteiger partial charge on any atom is 0.417 e. The normalized spacial score (nSPS) is 15.5. The van der Waals surface area contributed by atoms with E-state index in [9.17, 15) is 9.59 Å². The van der Waals surface area contributed by atoms with Crippen LogP contribution in [0.2, 0.25) is 18.1 Å². The zero-order valence-electron chi connectivity index (χ0n) is 18.3. The number of benzene rings is 1. The van der Waals surface area contributed by atoms with E-state index in [0.717, 1.165) is 24.2 Å². The van der Waals surface area contributed by atoms with Gasteiger partial charge >= 0.3 is 12.0 Å². The van der Waals surface area contributed by atoms with Crippen molar-refractivity contribution >= 4 is 20.3 Å². The highest BCUT2D eigenvalue weighted by molar-refractivity contribution is 6.74. The van der Waals surface area contributed by atoms with Crippen LogP contribution in [0.3, 0.4) is 0 Å². The molecule has 1 saturated heterocycles. The van der Waals surface area contributed by atoms with Gasteiger partial charge in [-0.1, -0.05) is 57.0 Å². The van der Waals surface area contributed by atoms with Crippen molar-refractivity contribution in [2.24, 2.45) is 5.92 Å². The summed E-state index contributed by atoms with van der Waals surface area (Å²) in [6.07, 6.45) is 1.89. The lowest BCUT2D eigenvalue weighted by Gasteiger charge is -2.36. The van der Waals surface area contributed by atoms with Gasteiger partial charge in [0.25, 0.3) is 0 Å². The maximum atomic E-state index is 12.2. The Morgan fingerprint density at radius 1 is 1.28 bits per heavy atom. The molecule has 158 valence electrons. The second-order valence-corrected chi connectivity index (χ2v) is 13.8. The summed E-state index contributed by atoms with van der Waals surface area (Å²) in [4.78, 5) is 24.8. The van der Waals surface area contributed by atoms with Crippen LogP contribution in [0.15, 0.2) is 30.3 Å². The average molecular weight is 416 g/mol. The number of nitrogens with zero attached hydrogens (tertiary/aromatic N) is 1. The van der Waals surface area contributed by atoms with Gasteiger partial charge in [-0.05, 0) is 48.9 Å². The molecule has 0 radical (unpaired) electrons. The van der Waals surface area contributed by atoms with E-state index < -0.39 is 20.3 Å². The third-order valence-corrected chi connectivity index (χ3v) is 10.2. The summed E-state index contributed by atoms with van der Waals surface area (Å²) in [5.74, 6) is 5.31. The lowest BCUT2D eigenvalue weighted by atomic mass is 9.95. The van der Waals surface area contributed by atoms with E-state index in [1.807, 2.05) is 18.2 Å². The van der Waals surface area contributed by atoms with Crippen molar-refractivity contribution in [2.45, 2.75) is 58.2 Å². The average Bonchev–Trinajstić information content (AvgIpc) is 3.08. The molecule has 29 heavy (non-hydrogen) atoms. The Morgan fingerprint density at radius 2 is 1.97 bits per heavy atom. The van der Waals surface area contributed by atoms with E-state index in [1.54, 1.807) is 0 Å². The van der Waals surface area contributed by atoms with Crippen molar-refractivity contribution in [2.75, 3.05) is 19.8 Å². The summed E-state index contributed by atoms with van der Waals surface area (Å²) in [7, 11) is -1.76. The van der Waals surface area contributed by atoms with Crippen LogP contribution < -0.4 is 0 Å². The van der Waals surface area contributed by atoms with E-state index in [4.69, 9.17) is 9.16 Å². The van der Waals surface area contributed by atoms with Gasteiger partial charge in [-0.25, -0.2) is 9.69 Å². The zero-order valence-corrected chi connectivity index (χ0v) is 19.3. The van der Waals surface area contributed by atoms with Gasteiger partial charge in [0.2, 0.25) is 0 Å². The van der Waals surface area contributed by atoms with Crippen LogP contribution in [0.5, 0.6) is 0 Å². The Labute approximate surface area is 175 Å². The molecular formula is C23H33NO4Si. The number of carbonyl (C=O) groups excluding carboxylic acids is 2. The van der Waals surface area contributed by atoms with Crippen molar-refractivity contribution in [1.29, 1.82) is 0 Å². The lowest BCUT2D eigenvalue weighted by molar-refractivity contribution is -0.121. The molecule has 1 aliphatic rings. The van der Waals surface area contributed by atoms with Crippen molar-refractivity contribution in [1.82, 2.24) is 4.90 Å². The van der Waals surface area contributed by atoms with Gasteiger partial charge in [0, 0.05) is 12.5 Å². The fraction of sp³-hybridized carbons (Fsp3) is 0.565. The summed E-state index contributed by atoms with van der Waals surface area (Å²) in [6.45, 7) is 12.4. The first kappa shape index (κ1) is 23.2. The fourth-order valence-electron chi connectivity index (χ4n) is 2.81. The smallest absolute Gasteiger partial charge is 0.417 e. The van der Waals surface area contributed by atoms with Crippen molar-refractivity contribution in [3.05, 3.63) is 35.9 Å². The first-order chi connectivity index (χ1) is 13.6. The number of ether oxygens (including phenoxy) is 1. The van der Waals surface area contributed by atoms with Crippen molar-refractivity contribution in [3.8, 4) is 11.8 Å². The largest absolute Gasteiger partial charge is 0.447 e. The SMILES string of the molecule is CC(C)(C)[Si](C)(C)OCCCC(C#CC(=O)N1CCOC1=O)Cc1ccccc1. The third kappa shape index (κ3) is 7.02. The Hall–Kier alpha value is -2.10. The Morgan fingerprint density at radius 3 is 2.55 bits per heavy atom. The number of imide groups is 1. The zero-order chi connectivity index (χ0) is 21.5. The van der Waals surface area contributed by atoms with E-state index in [1.165, 1.54) is 5.56 Å². The number of hydrogen-bond donors (Lipinski definition) is 0. The minimum atomic E-state index is -1.76. The van der Waals surface area contributed by atoms with E-state index in [-0.39, 0.29) is 24.1 Å². The van der Waals surface area contributed by atoms with Crippen LogP contribution in [-0.4, -0.2) is 45.0 Å². The Kier molecular flexibility index (Phi) is 8.06. The molecule has 0 spiro atoms. The molecule has 1 fully saturated rings. The molecule has 0 N–H and O–H groups in total. The number of hydrogen-bond acceptors (Lipinski definition) is 4. The summed E-state index contributed by atoms with van der Waals surface area (Å²) in [6, 6.07) is 10.1. The molecule has 2 rings (SSSR count). The molecule has 1 aliphatic heterocycles. The molecule has 1 unspecified atom stereocenters. The highest BCUT2D eigenvalue weighted by atomic mass is 28.4. The predicted molar refractivity (Wildman–Crippen MR) is 117 cm³/mol. The van der Waals surface area contributed by atoms with E-state index >= 15 is 0 Å². The summed E-state index contributed by atoms with van der Waals surface area (Å²) >= 11 is 0. The molecule has 5 nitrogen and oxygen atoms in total. The van der Waals surface area contributed by atoms with Crippen LogP contribution in [0.25, 0.3) is 0 Å². The van der Waals surface area contributed by atoms with Gasteiger partial charge in [0.05, 0.1) is 6.54 Å². The molecular weight excluding hydrogens is 382 g/mol. The third-order valence-electron chi connectivity index (χ3n) is 5.68. The van der Waals surface area contributed by atoms with Crippen LogP contribution in [0, 0.1) is 17.8 Å². The minimum Gasteiger partial charge on any atom is -0.447 e. The van der Waals surface area contributed by atoms with Crippen molar-refractivity contribution < 1.29 is 18.8 Å². The molecule has 0 aromatic heterocycles. The minimum absolute atomic E-state index is 0.0305. The molecule has 1 aromatic rings. The highest BCUT2D eigenvalue weighted by Crippen LogP contribution is 2.36. The molecule has 1 atom stereocenters. The van der Waals surface area contributed by atoms with E-state index in [0.29, 0.717) is 6.61 Å². The number of rotatable bonds is 7. The molecule has 6 heteroatoms. The number of amides is 2. The molecule has 0 aliphatic carbocycles. The van der Waals surface area contributed by atoms with Gasteiger partial charge in [-0.3, -0.25) is 4.79 Å². The molecule has 2 amide bonds. The highest BCUT2D eigenvalue weighted by Gasteiger charge is 2.36. The first-order valence-corrected chi connectivity index (χ1v) is 13.2. The summed E-state index contributed by atoms with van der Waals surface area (Å²) < 4.78 is 11.1. The quantitative estimate of drug-likeness (QED) is 0.370. The van der Waals surface area contributed by atoms with Gasteiger partial charge in [-0.15, -0.1) is 0 Å². The monoisotopic (exact) mass is 415 g/mol. The predicted octanol–water partition coefficient (Wildman–Crippen LogP) is 4.63. The molecule has 0 saturated carbocycles. The molecule has 1 heterocycles. The van der Waals surface area contributed by atoms with Gasteiger partial charge < -0.3 is 9.16 Å².